The van der Waals surface area contributed by atoms with E-state index in [1.165, 1.54) is 0 Å². The highest BCUT2D eigenvalue weighted by Crippen LogP contribution is 2.30. The van der Waals surface area contributed by atoms with E-state index in [1.54, 1.807) is 6.20 Å². The molecule has 0 unspecified atom stereocenters. The summed E-state index contributed by atoms with van der Waals surface area (Å²) in [5.41, 5.74) is 6.90. The Morgan fingerprint density at radius 3 is 2.74 bits per heavy atom. The van der Waals surface area contributed by atoms with Gasteiger partial charge in [-0.05, 0) is 48.0 Å². The molecule has 0 saturated heterocycles. The van der Waals surface area contributed by atoms with Gasteiger partial charge in [-0.25, -0.2) is 0 Å². The number of rotatable bonds is 5. The van der Waals surface area contributed by atoms with Crippen molar-refractivity contribution in [3.63, 3.8) is 0 Å². The van der Waals surface area contributed by atoms with E-state index in [4.69, 9.17) is 21.2 Å². The minimum absolute atomic E-state index is 0.192. The summed E-state index contributed by atoms with van der Waals surface area (Å²) in [6.07, 6.45) is 3.56. The maximum absolute atomic E-state index is 6.23. The molecule has 5 nitrogen and oxygen atoms in total. The lowest BCUT2D eigenvalue weighted by Gasteiger charge is -2.13. The average Bonchev–Trinajstić information content (AvgIpc) is 3.17. The fourth-order valence-corrected chi connectivity index (χ4v) is 3.19. The largest absolute Gasteiger partial charge is 0.488 e. The predicted molar refractivity (Wildman–Crippen MR) is 109 cm³/mol. The van der Waals surface area contributed by atoms with Crippen LogP contribution in [0.1, 0.15) is 5.56 Å². The standard InChI is InChI=1S/C21H20ClN3O2/c1-25(2)15-7-5-14(6-8-15)19-12-16(27-24-19)13-26-20-10-9-18(22)17-4-3-11-23-21(17)20/h3-12,16,24H,13H2,1-2H3/t16-/m1/s1. The third kappa shape index (κ3) is 3.70. The molecule has 0 radical (unpaired) electrons. The second-order valence-electron chi connectivity index (χ2n) is 6.54. The van der Waals surface area contributed by atoms with Crippen molar-refractivity contribution in [2.24, 2.45) is 0 Å². The number of hydroxylamine groups is 1. The number of pyridine rings is 1. The molecule has 1 aliphatic rings. The third-order valence-electron chi connectivity index (χ3n) is 4.45. The lowest BCUT2D eigenvalue weighted by Crippen LogP contribution is -2.19. The first kappa shape index (κ1) is 17.6. The molecule has 2 aromatic carbocycles. The van der Waals surface area contributed by atoms with Crippen molar-refractivity contribution in [2.75, 3.05) is 25.6 Å². The molecule has 1 N–H and O–H groups in total. The monoisotopic (exact) mass is 381 g/mol. The van der Waals surface area contributed by atoms with Crippen LogP contribution >= 0.6 is 11.6 Å². The molecule has 138 valence electrons. The minimum Gasteiger partial charge on any atom is -0.488 e. The molecule has 0 amide bonds. The van der Waals surface area contributed by atoms with E-state index in [9.17, 15) is 0 Å². The number of nitrogens with zero attached hydrogens (tertiary/aromatic N) is 2. The molecule has 1 atom stereocenters. The molecule has 0 bridgehead atoms. The number of benzene rings is 2. The lowest BCUT2D eigenvalue weighted by atomic mass is 10.1. The van der Waals surface area contributed by atoms with Crippen molar-refractivity contribution >= 4 is 33.9 Å². The quantitative estimate of drug-likeness (QED) is 0.714. The second kappa shape index (κ2) is 7.47. The number of fused-ring (bicyclic) bond motifs is 1. The Balaban J connectivity index is 1.46. The number of hydrogen-bond donors (Lipinski definition) is 1. The molecule has 0 spiro atoms. The first-order valence-electron chi connectivity index (χ1n) is 8.69. The van der Waals surface area contributed by atoms with Gasteiger partial charge in [0.15, 0.2) is 0 Å². The van der Waals surface area contributed by atoms with Crippen molar-refractivity contribution in [2.45, 2.75) is 6.10 Å². The van der Waals surface area contributed by atoms with Crippen LogP contribution in [0.3, 0.4) is 0 Å². The van der Waals surface area contributed by atoms with Gasteiger partial charge < -0.3 is 9.64 Å². The Kier molecular flexibility index (Phi) is 4.88. The van der Waals surface area contributed by atoms with Crippen LogP contribution in [0.2, 0.25) is 5.02 Å². The summed E-state index contributed by atoms with van der Waals surface area (Å²) in [6.45, 7) is 0.375. The van der Waals surface area contributed by atoms with Crippen LogP contribution < -0.4 is 15.1 Å². The highest BCUT2D eigenvalue weighted by atomic mass is 35.5. The molecule has 0 saturated carbocycles. The SMILES string of the molecule is CN(C)c1ccc(C2=C[C@H](COc3ccc(Cl)c4cccnc34)ON2)cc1. The van der Waals surface area contributed by atoms with Crippen molar-refractivity contribution in [1.29, 1.82) is 0 Å². The van der Waals surface area contributed by atoms with Crippen LogP contribution in [0.25, 0.3) is 16.6 Å². The van der Waals surface area contributed by atoms with Crippen LogP contribution in [-0.2, 0) is 4.84 Å². The zero-order valence-corrected chi connectivity index (χ0v) is 15.9. The first-order valence-corrected chi connectivity index (χ1v) is 9.07. The highest BCUT2D eigenvalue weighted by Gasteiger charge is 2.19. The molecule has 4 rings (SSSR count). The highest BCUT2D eigenvalue weighted by molar-refractivity contribution is 6.35. The van der Waals surface area contributed by atoms with Crippen molar-refractivity contribution < 1.29 is 9.57 Å². The van der Waals surface area contributed by atoms with Crippen LogP contribution in [-0.4, -0.2) is 31.8 Å². The summed E-state index contributed by atoms with van der Waals surface area (Å²) in [6, 6.07) is 15.7. The van der Waals surface area contributed by atoms with E-state index < -0.39 is 0 Å². The number of hydrogen-bond acceptors (Lipinski definition) is 5. The van der Waals surface area contributed by atoms with E-state index in [1.807, 2.05) is 44.4 Å². The molecule has 0 fully saturated rings. The molecule has 3 aromatic rings. The van der Waals surface area contributed by atoms with E-state index in [-0.39, 0.29) is 6.10 Å². The smallest absolute Gasteiger partial charge is 0.145 e. The summed E-state index contributed by atoms with van der Waals surface area (Å²) < 4.78 is 5.96. The van der Waals surface area contributed by atoms with Gasteiger partial charge in [0.05, 0.1) is 10.7 Å². The minimum atomic E-state index is -0.192. The number of halogens is 1. The molecule has 1 aromatic heterocycles. The van der Waals surface area contributed by atoms with Gasteiger partial charge in [0.25, 0.3) is 0 Å². The van der Waals surface area contributed by atoms with Crippen LogP contribution in [0.15, 0.2) is 60.8 Å². The van der Waals surface area contributed by atoms with Crippen molar-refractivity contribution in [3.05, 3.63) is 71.4 Å². The summed E-state index contributed by atoms with van der Waals surface area (Å²) >= 11 is 6.23. The molecule has 0 aliphatic carbocycles. The fourth-order valence-electron chi connectivity index (χ4n) is 2.97. The Labute approximate surface area is 163 Å². The van der Waals surface area contributed by atoms with Gasteiger partial charge in [0.1, 0.15) is 24.0 Å². The van der Waals surface area contributed by atoms with Crippen LogP contribution in [0, 0.1) is 0 Å². The Bertz CT molecular complexity index is 986. The van der Waals surface area contributed by atoms with E-state index in [0.717, 1.165) is 27.9 Å². The van der Waals surface area contributed by atoms with Gasteiger partial charge in [-0.15, -0.1) is 0 Å². The van der Waals surface area contributed by atoms with Crippen LogP contribution in [0.5, 0.6) is 5.75 Å². The van der Waals surface area contributed by atoms with Crippen molar-refractivity contribution in [3.8, 4) is 5.75 Å². The van der Waals surface area contributed by atoms with Gasteiger partial charge in [0, 0.05) is 31.4 Å². The normalized spacial score (nSPS) is 16.1. The Morgan fingerprint density at radius 2 is 1.96 bits per heavy atom. The number of nitrogens with one attached hydrogen (secondary N) is 1. The zero-order chi connectivity index (χ0) is 18.8. The molecule has 6 heteroatoms. The molecule has 2 heterocycles. The van der Waals surface area contributed by atoms with E-state index in [0.29, 0.717) is 17.4 Å². The first-order chi connectivity index (χ1) is 13.1. The maximum Gasteiger partial charge on any atom is 0.145 e. The van der Waals surface area contributed by atoms with Gasteiger partial charge >= 0.3 is 0 Å². The maximum atomic E-state index is 6.23. The topological polar surface area (TPSA) is 46.6 Å². The van der Waals surface area contributed by atoms with Gasteiger partial charge in [0.2, 0.25) is 0 Å². The number of anilines is 1. The fraction of sp³-hybridized carbons (Fsp3) is 0.190. The second-order valence-corrected chi connectivity index (χ2v) is 6.94. The van der Waals surface area contributed by atoms with Crippen molar-refractivity contribution in [1.82, 2.24) is 10.5 Å². The third-order valence-corrected chi connectivity index (χ3v) is 4.78. The van der Waals surface area contributed by atoms with Gasteiger partial charge in [-0.3, -0.25) is 15.3 Å². The van der Waals surface area contributed by atoms with Gasteiger partial charge in [-0.1, -0.05) is 23.7 Å². The zero-order valence-electron chi connectivity index (χ0n) is 15.1. The summed E-state index contributed by atoms with van der Waals surface area (Å²) in [7, 11) is 4.04. The summed E-state index contributed by atoms with van der Waals surface area (Å²) in [5.74, 6) is 0.691. The predicted octanol–water partition coefficient (Wildman–Crippen LogP) is 4.28. The molecular weight excluding hydrogens is 362 g/mol. The molecule has 27 heavy (non-hydrogen) atoms. The van der Waals surface area contributed by atoms with Gasteiger partial charge in [-0.2, -0.15) is 0 Å². The molecule has 1 aliphatic heterocycles. The van der Waals surface area contributed by atoms with Crippen LogP contribution in [0.4, 0.5) is 5.69 Å². The average molecular weight is 382 g/mol. The Morgan fingerprint density at radius 1 is 1.15 bits per heavy atom. The molecular formula is C21H20ClN3O2. The van der Waals surface area contributed by atoms with E-state index in [2.05, 4.69) is 39.6 Å². The van der Waals surface area contributed by atoms with E-state index >= 15 is 0 Å². The lowest BCUT2D eigenvalue weighted by molar-refractivity contribution is 0.0238. The Hall–Kier alpha value is -2.76. The summed E-state index contributed by atoms with van der Waals surface area (Å²) in [4.78, 5) is 12.1. The number of ether oxygens (including phenoxy) is 1. The number of aromatic nitrogens is 1. The summed E-state index contributed by atoms with van der Waals surface area (Å²) in [5, 5.41) is 1.53.